The molecule has 29 heavy (non-hydrogen) atoms. The van der Waals surface area contributed by atoms with E-state index in [9.17, 15) is 9.59 Å². The lowest BCUT2D eigenvalue weighted by molar-refractivity contribution is -0.129. The molecule has 2 heterocycles. The summed E-state index contributed by atoms with van der Waals surface area (Å²) in [5.41, 5.74) is 3.37. The lowest BCUT2D eigenvalue weighted by Crippen LogP contribution is -2.45. The third kappa shape index (κ3) is 3.65. The van der Waals surface area contributed by atoms with E-state index in [2.05, 4.69) is 22.3 Å². The van der Waals surface area contributed by atoms with Gasteiger partial charge in [0.25, 0.3) is 0 Å². The number of urea groups is 1. The van der Waals surface area contributed by atoms with E-state index in [1.165, 1.54) is 10.5 Å². The number of amides is 3. The van der Waals surface area contributed by atoms with Crippen molar-refractivity contribution in [2.45, 2.75) is 12.5 Å². The van der Waals surface area contributed by atoms with Crippen LogP contribution in [0.4, 0.5) is 4.79 Å². The van der Waals surface area contributed by atoms with Crippen molar-refractivity contribution in [2.24, 2.45) is 0 Å². The van der Waals surface area contributed by atoms with Gasteiger partial charge in [-0.15, -0.1) is 0 Å². The summed E-state index contributed by atoms with van der Waals surface area (Å²) in [6.45, 7) is 1.82. The number of carbonyl (C=O) groups excluding carboxylic acids is 2. The molecule has 2 aliphatic heterocycles. The van der Waals surface area contributed by atoms with E-state index >= 15 is 0 Å². The SMILES string of the molecule is COc1cc2c(cc1OC)[C@@H](c1ccccc1)N(CC(=O)N1CCNC1=O)CC2. The molecule has 0 bridgehead atoms. The minimum atomic E-state index is -0.310. The first kappa shape index (κ1) is 19.3. The Labute approximate surface area is 170 Å². The standard InChI is InChI=1S/C22H25N3O4/c1-28-18-12-16-8-10-24(14-20(26)25-11-9-23-22(25)27)21(15-6-4-3-5-7-15)17(16)13-19(18)29-2/h3-7,12-13,21H,8-11,14H2,1-2H3,(H,23,27)/t21-/m1/s1. The van der Waals surface area contributed by atoms with Crippen LogP contribution < -0.4 is 14.8 Å². The number of nitrogens with zero attached hydrogens (tertiary/aromatic N) is 2. The highest BCUT2D eigenvalue weighted by Gasteiger charge is 2.34. The summed E-state index contributed by atoms with van der Waals surface area (Å²) >= 11 is 0. The fourth-order valence-corrected chi connectivity index (χ4v) is 4.16. The molecular formula is C22H25N3O4. The average Bonchev–Trinajstić information content (AvgIpc) is 3.19. The maximum absolute atomic E-state index is 12.8. The quantitative estimate of drug-likeness (QED) is 0.841. The molecule has 2 aromatic rings. The van der Waals surface area contributed by atoms with Gasteiger partial charge in [0.15, 0.2) is 11.5 Å². The lowest BCUT2D eigenvalue weighted by atomic mass is 9.87. The van der Waals surface area contributed by atoms with Crippen LogP contribution in [0.5, 0.6) is 11.5 Å². The predicted molar refractivity (Wildman–Crippen MR) is 108 cm³/mol. The first-order valence-electron chi connectivity index (χ1n) is 9.74. The van der Waals surface area contributed by atoms with E-state index in [1.54, 1.807) is 14.2 Å². The van der Waals surface area contributed by atoms with E-state index in [1.807, 2.05) is 30.3 Å². The average molecular weight is 395 g/mol. The van der Waals surface area contributed by atoms with Gasteiger partial charge in [0.2, 0.25) is 5.91 Å². The van der Waals surface area contributed by atoms with E-state index in [0.717, 1.165) is 17.5 Å². The minimum absolute atomic E-state index is 0.102. The number of rotatable bonds is 5. The van der Waals surface area contributed by atoms with Gasteiger partial charge < -0.3 is 14.8 Å². The maximum atomic E-state index is 12.8. The van der Waals surface area contributed by atoms with Crippen LogP contribution in [0.15, 0.2) is 42.5 Å². The van der Waals surface area contributed by atoms with E-state index in [-0.39, 0.29) is 24.5 Å². The number of nitrogens with one attached hydrogen (secondary N) is 1. The van der Waals surface area contributed by atoms with Crippen LogP contribution in [-0.2, 0) is 11.2 Å². The number of hydrogen-bond acceptors (Lipinski definition) is 5. The molecule has 0 aliphatic carbocycles. The van der Waals surface area contributed by atoms with Gasteiger partial charge in [-0.1, -0.05) is 30.3 Å². The van der Waals surface area contributed by atoms with Crippen LogP contribution in [0.25, 0.3) is 0 Å². The highest BCUT2D eigenvalue weighted by atomic mass is 16.5. The van der Waals surface area contributed by atoms with Gasteiger partial charge in [-0.3, -0.25) is 14.6 Å². The zero-order valence-electron chi connectivity index (χ0n) is 16.7. The van der Waals surface area contributed by atoms with Gasteiger partial charge >= 0.3 is 6.03 Å². The van der Waals surface area contributed by atoms with Crippen molar-refractivity contribution in [1.29, 1.82) is 0 Å². The van der Waals surface area contributed by atoms with Gasteiger partial charge in [-0.05, 0) is 35.2 Å². The predicted octanol–water partition coefficient (Wildman–Crippen LogP) is 2.20. The molecule has 3 amide bonds. The highest BCUT2D eigenvalue weighted by molar-refractivity contribution is 5.96. The zero-order chi connectivity index (χ0) is 20.4. The van der Waals surface area contributed by atoms with Gasteiger partial charge in [-0.25, -0.2) is 4.79 Å². The third-order valence-electron chi connectivity index (χ3n) is 5.58. The zero-order valence-corrected chi connectivity index (χ0v) is 16.7. The van der Waals surface area contributed by atoms with Crippen LogP contribution in [0, 0.1) is 0 Å². The number of ether oxygens (including phenoxy) is 2. The number of fused-ring (bicyclic) bond motifs is 1. The van der Waals surface area contributed by atoms with Crippen LogP contribution >= 0.6 is 0 Å². The molecule has 0 spiro atoms. The maximum Gasteiger partial charge on any atom is 0.324 e. The monoisotopic (exact) mass is 395 g/mol. The Balaban J connectivity index is 1.71. The van der Waals surface area contributed by atoms with Crippen LogP contribution in [-0.4, -0.2) is 62.1 Å². The first-order valence-corrected chi connectivity index (χ1v) is 9.74. The summed E-state index contributed by atoms with van der Waals surface area (Å²) in [7, 11) is 3.26. The summed E-state index contributed by atoms with van der Waals surface area (Å²) in [5, 5.41) is 2.69. The van der Waals surface area contributed by atoms with Crippen molar-refractivity contribution >= 4 is 11.9 Å². The normalized spacial score (nSPS) is 18.9. The summed E-state index contributed by atoms with van der Waals surface area (Å²) in [5.74, 6) is 1.19. The van der Waals surface area contributed by atoms with Gasteiger partial charge in [0.1, 0.15) is 0 Å². The Morgan fingerprint density at radius 2 is 1.83 bits per heavy atom. The molecule has 1 N–H and O–H groups in total. The summed E-state index contributed by atoms with van der Waals surface area (Å²) in [6, 6.07) is 13.7. The smallest absolute Gasteiger partial charge is 0.324 e. The molecule has 0 radical (unpaired) electrons. The van der Waals surface area contributed by atoms with Crippen molar-refractivity contribution < 1.29 is 19.1 Å². The molecule has 1 fully saturated rings. The fourth-order valence-electron chi connectivity index (χ4n) is 4.16. The molecule has 2 aliphatic rings. The summed E-state index contributed by atoms with van der Waals surface area (Å²) < 4.78 is 11.0. The van der Waals surface area contributed by atoms with Crippen LogP contribution in [0.3, 0.4) is 0 Å². The number of carbonyl (C=O) groups is 2. The molecule has 4 rings (SSSR count). The Kier molecular flexibility index (Phi) is 5.40. The van der Waals surface area contributed by atoms with Crippen LogP contribution in [0.1, 0.15) is 22.7 Å². The van der Waals surface area contributed by atoms with Crippen molar-refractivity contribution in [3.63, 3.8) is 0 Å². The second kappa shape index (κ2) is 8.13. The molecule has 7 heteroatoms. The van der Waals surface area contributed by atoms with Crippen molar-refractivity contribution in [3.8, 4) is 11.5 Å². The Morgan fingerprint density at radius 3 is 2.48 bits per heavy atom. The van der Waals surface area contributed by atoms with E-state index in [0.29, 0.717) is 31.1 Å². The van der Waals surface area contributed by atoms with Crippen molar-refractivity contribution in [2.75, 3.05) is 40.4 Å². The molecule has 0 unspecified atom stereocenters. The van der Waals surface area contributed by atoms with E-state index in [4.69, 9.17) is 9.47 Å². The minimum Gasteiger partial charge on any atom is -0.493 e. The molecular weight excluding hydrogens is 370 g/mol. The molecule has 0 saturated carbocycles. The Morgan fingerprint density at radius 1 is 1.10 bits per heavy atom. The largest absolute Gasteiger partial charge is 0.493 e. The van der Waals surface area contributed by atoms with E-state index < -0.39 is 0 Å². The van der Waals surface area contributed by atoms with Crippen LogP contribution in [0.2, 0.25) is 0 Å². The Bertz CT molecular complexity index is 916. The number of hydrogen-bond donors (Lipinski definition) is 1. The second-order valence-corrected chi connectivity index (χ2v) is 7.22. The molecule has 0 aromatic heterocycles. The topological polar surface area (TPSA) is 71.1 Å². The summed E-state index contributed by atoms with van der Waals surface area (Å²) in [4.78, 5) is 28.2. The molecule has 152 valence electrons. The fraction of sp³-hybridized carbons (Fsp3) is 0.364. The summed E-state index contributed by atoms with van der Waals surface area (Å²) in [6.07, 6.45) is 0.790. The van der Waals surface area contributed by atoms with Crippen molar-refractivity contribution in [3.05, 3.63) is 59.2 Å². The highest BCUT2D eigenvalue weighted by Crippen LogP contribution is 2.40. The number of imide groups is 1. The number of methoxy groups -OCH3 is 2. The van der Waals surface area contributed by atoms with Gasteiger partial charge in [0.05, 0.1) is 26.8 Å². The molecule has 1 atom stereocenters. The van der Waals surface area contributed by atoms with Gasteiger partial charge in [0, 0.05) is 19.6 Å². The molecule has 2 aromatic carbocycles. The Hall–Kier alpha value is -3.06. The third-order valence-corrected chi connectivity index (χ3v) is 5.58. The second-order valence-electron chi connectivity index (χ2n) is 7.22. The molecule has 7 nitrogen and oxygen atoms in total. The lowest BCUT2D eigenvalue weighted by Gasteiger charge is -2.38. The van der Waals surface area contributed by atoms with Crippen molar-refractivity contribution in [1.82, 2.24) is 15.1 Å². The van der Waals surface area contributed by atoms with Gasteiger partial charge in [-0.2, -0.15) is 0 Å². The molecule has 1 saturated heterocycles. The number of benzene rings is 2. The first-order chi connectivity index (χ1) is 14.1.